The lowest BCUT2D eigenvalue weighted by atomic mass is 9.95. The largest absolute Gasteiger partial charge is 0.356 e. The highest BCUT2D eigenvalue weighted by Crippen LogP contribution is 2.19. The Morgan fingerprint density at radius 3 is 2.60 bits per heavy atom. The van der Waals surface area contributed by atoms with E-state index in [-0.39, 0.29) is 36.4 Å². The number of ketones is 1. The number of carbonyl (C=O) groups is 3. The van der Waals surface area contributed by atoms with Gasteiger partial charge in [0.25, 0.3) is 0 Å². The van der Waals surface area contributed by atoms with Crippen LogP contribution in [-0.4, -0.2) is 42.1 Å². The molecule has 2 amide bonds. The summed E-state index contributed by atoms with van der Waals surface area (Å²) in [5.41, 5.74) is 0. The standard InChI is InChI=1S/C19H28N2O3S/c1-2-3-4-11-20-19(24)15-9-12-21(13-10-15)18(23)8-7-16(22)17-6-5-14-25-17/h5-6,14-15H,2-4,7-13H2,1H3,(H,20,24). The average Bonchev–Trinajstić information content (AvgIpc) is 3.18. The van der Waals surface area contributed by atoms with Crippen molar-refractivity contribution < 1.29 is 14.4 Å². The van der Waals surface area contributed by atoms with E-state index in [0.29, 0.717) is 30.8 Å². The fourth-order valence-electron chi connectivity index (χ4n) is 3.06. The van der Waals surface area contributed by atoms with Crippen molar-refractivity contribution in [2.45, 2.75) is 51.9 Å². The first-order chi connectivity index (χ1) is 12.1. The number of hydrogen-bond donors (Lipinski definition) is 1. The van der Waals surface area contributed by atoms with Gasteiger partial charge >= 0.3 is 0 Å². The normalized spacial score (nSPS) is 15.2. The van der Waals surface area contributed by atoms with Crippen LogP contribution in [0.25, 0.3) is 0 Å². The van der Waals surface area contributed by atoms with Gasteiger partial charge in [0.15, 0.2) is 5.78 Å². The zero-order chi connectivity index (χ0) is 18.1. The third kappa shape index (κ3) is 6.27. The molecular formula is C19H28N2O3S. The van der Waals surface area contributed by atoms with Crippen molar-refractivity contribution in [3.8, 4) is 0 Å². The molecule has 2 rings (SSSR count). The number of nitrogens with one attached hydrogen (secondary N) is 1. The van der Waals surface area contributed by atoms with Gasteiger partial charge in [0.05, 0.1) is 4.88 Å². The van der Waals surface area contributed by atoms with Crippen LogP contribution in [-0.2, 0) is 9.59 Å². The number of amides is 2. The number of carbonyl (C=O) groups excluding carboxylic acids is 3. The zero-order valence-electron chi connectivity index (χ0n) is 15.0. The van der Waals surface area contributed by atoms with Crippen LogP contribution in [0, 0.1) is 5.92 Å². The van der Waals surface area contributed by atoms with Crippen LogP contribution in [0.1, 0.15) is 61.5 Å². The van der Waals surface area contributed by atoms with Crippen LogP contribution in [0.3, 0.4) is 0 Å². The predicted octanol–water partition coefficient (Wildman–Crippen LogP) is 3.26. The molecule has 0 spiro atoms. The Kier molecular flexibility index (Phi) is 8.12. The Labute approximate surface area is 153 Å². The summed E-state index contributed by atoms with van der Waals surface area (Å²) >= 11 is 1.41. The van der Waals surface area contributed by atoms with E-state index in [9.17, 15) is 14.4 Å². The number of likely N-dealkylation sites (tertiary alicyclic amines) is 1. The SMILES string of the molecule is CCCCCNC(=O)C1CCN(C(=O)CCC(=O)c2cccs2)CC1. The molecule has 0 atom stereocenters. The van der Waals surface area contributed by atoms with Gasteiger partial charge in [-0.15, -0.1) is 11.3 Å². The maximum atomic E-state index is 12.3. The third-order valence-electron chi connectivity index (χ3n) is 4.66. The second kappa shape index (κ2) is 10.3. The smallest absolute Gasteiger partial charge is 0.223 e. The van der Waals surface area contributed by atoms with Gasteiger partial charge in [-0.1, -0.05) is 25.8 Å². The maximum Gasteiger partial charge on any atom is 0.223 e. The second-order valence-electron chi connectivity index (χ2n) is 6.55. The topological polar surface area (TPSA) is 66.5 Å². The van der Waals surface area contributed by atoms with Gasteiger partial charge in [0.2, 0.25) is 11.8 Å². The van der Waals surface area contributed by atoms with Crippen LogP contribution in [0.15, 0.2) is 17.5 Å². The van der Waals surface area contributed by atoms with Gasteiger partial charge in [0, 0.05) is 38.4 Å². The lowest BCUT2D eigenvalue weighted by molar-refractivity contribution is -0.135. The fourth-order valence-corrected chi connectivity index (χ4v) is 3.76. The van der Waals surface area contributed by atoms with E-state index in [1.165, 1.54) is 11.3 Å². The van der Waals surface area contributed by atoms with Crippen LogP contribution in [0.2, 0.25) is 0 Å². The van der Waals surface area contributed by atoms with Crippen LogP contribution in [0.4, 0.5) is 0 Å². The molecule has 5 nitrogen and oxygen atoms in total. The number of nitrogens with zero attached hydrogens (tertiary/aromatic N) is 1. The summed E-state index contributed by atoms with van der Waals surface area (Å²) in [7, 11) is 0. The molecule has 0 aromatic carbocycles. The lowest BCUT2D eigenvalue weighted by Crippen LogP contribution is -2.43. The molecule has 6 heteroatoms. The van der Waals surface area contributed by atoms with Crippen molar-refractivity contribution in [1.29, 1.82) is 0 Å². The molecule has 0 saturated carbocycles. The molecule has 0 unspecified atom stereocenters. The van der Waals surface area contributed by atoms with Gasteiger partial charge in [-0.25, -0.2) is 0 Å². The Morgan fingerprint density at radius 2 is 1.96 bits per heavy atom. The van der Waals surface area contributed by atoms with E-state index in [1.54, 1.807) is 11.0 Å². The number of thiophene rings is 1. The Hall–Kier alpha value is -1.69. The first kappa shape index (κ1) is 19.6. The highest BCUT2D eigenvalue weighted by molar-refractivity contribution is 7.12. The van der Waals surface area contributed by atoms with Gasteiger partial charge in [-0.2, -0.15) is 0 Å². The van der Waals surface area contributed by atoms with Crippen molar-refractivity contribution in [1.82, 2.24) is 10.2 Å². The Balaban J connectivity index is 1.66. The molecule has 1 aliphatic heterocycles. The van der Waals surface area contributed by atoms with Crippen LogP contribution in [0.5, 0.6) is 0 Å². The molecule has 1 aromatic heterocycles. The molecule has 0 bridgehead atoms. The molecule has 1 fully saturated rings. The highest BCUT2D eigenvalue weighted by atomic mass is 32.1. The summed E-state index contributed by atoms with van der Waals surface area (Å²) < 4.78 is 0. The molecule has 25 heavy (non-hydrogen) atoms. The van der Waals surface area contributed by atoms with E-state index < -0.39 is 0 Å². The summed E-state index contributed by atoms with van der Waals surface area (Å²) in [6.07, 6.45) is 5.25. The minimum Gasteiger partial charge on any atom is -0.356 e. The lowest BCUT2D eigenvalue weighted by Gasteiger charge is -2.31. The maximum absolute atomic E-state index is 12.3. The average molecular weight is 365 g/mol. The Bertz CT molecular complexity index is 563. The summed E-state index contributed by atoms with van der Waals surface area (Å²) in [6, 6.07) is 3.64. The van der Waals surface area contributed by atoms with Gasteiger partial charge < -0.3 is 10.2 Å². The first-order valence-corrected chi connectivity index (χ1v) is 10.1. The molecule has 1 saturated heterocycles. The summed E-state index contributed by atoms with van der Waals surface area (Å²) in [6.45, 7) is 4.11. The monoisotopic (exact) mass is 364 g/mol. The van der Waals surface area contributed by atoms with Gasteiger partial charge in [-0.3, -0.25) is 14.4 Å². The summed E-state index contributed by atoms with van der Waals surface area (Å²) in [4.78, 5) is 38.9. The minimum absolute atomic E-state index is 0.0124. The van der Waals surface area contributed by atoms with Gasteiger partial charge in [-0.05, 0) is 30.7 Å². The van der Waals surface area contributed by atoms with Crippen molar-refractivity contribution in [3.63, 3.8) is 0 Å². The fraction of sp³-hybridized carbons (Fsp3) is 0.632. The zero-order valence-corrected chi connectivity index (χ0v) is 15.8. The number of hydrogen-bond acceptors (Lipinski definition) is 4. The van der Waals surface area contributed by atoms with Crippen molar-refractivity contribution in [2.24, 2.45) is 5.92 Å². The summed E-state index contributed by atoms with van der Waals surface area (Å²) in [5, 5.41) is 4.87. The Morgan fingerprint density at radius 1 is 1.20 bits per heavy atom. The van der Waals surface area contributed by atoms with Crippen molar-refractivity contribution in [2.75, 3.05) is 19.6 Å². The number of rotatable bonds is 9. The van der Waals surface area contributed by atoms with Gasteiger partial charge in [0.1, 0.15) is 0 Å². The molecule has 138 valence electrons. The van der Waals surface area contributed by atoms with E-state index in [4.69, 9.17) is 0 Å². The summed E-state index contributed by atoms with van der Waals surface area (Å²) in [5.74, 6) is 0.186. The highest BCUT2D eigenvalue weighted by Gasteiger charge is 2.27. The van der Waals surface area contributed by atoms with E-state index in [1.807, 2.05) is 11.4 Å². The molecule has 0 radical (unpaired) electrons. The second-order valence-corrected chi connectivity index (χ2v) is 7.50. The number of unbranched alkanes of at least 4 members (excludes halogenated alkanes) is 2. The molecular weight excluding hydrogens is 336 g/mol. The first-order valence-electron chi connectivity index (χ1n) is 9.24. The third-order valence-corrected chi connectivity index (χ3v) is 5.57. The predicted molar refractivity (Wildman–Crippen MR) is 99.7 cm³/mol. The van der Waals surface area contributed by atoms with E-state index in [2.05, 4.69) is 12.2 Å². The molecule has 1 N–H and O–H groups in total. The van der Waals surface area contributed by atoms with Crippen LogP contribution >= 0.6 is 11.3 Å². The molecule has 1 aromatic rings. The minimum atomic E-state index is 0.0124. The molecule has 0 aliphatic carbocycles. The van der Waals surface area contributed by atoms with E-state index >= 15 is 0 Å². The van der Waals surface area contributed by atoms with Crippen molar-refractivity contribution in [3.05, 3.63) is 22.4 Å². The number of Topliss-reactive ketones (excluding diaryl/α,β-unsaturated/α-hetero) is 1. The molecule has 2 heterocycles. The van der Waals surface area contributed by atoms with Crippen LogP contribution < -0.4 is 5.32 Å². The number of piperidine rings is 1. The van der Waals surface area contributed by atoms with E-state index in [0.717, 1.165) is 25.8 Å². The molecule has 1 aliphatic rings. The van der Waals surface area contributed by atoms with Crippen molar-refractivity contribution >= 4 is 28.9 Å². The quantitative estimate of drug-likeness (QED) is 0.540.